The molecule has 0 saturated heterocycles. The molecule has 0 fully saturated rings. The topological polar surface area (TPSA) is 95.9 Å². The predicted molar refractivity (Wildman–Crippen MR) is 77.9 cm³/mol. The van der Waals surface area contributed by atoms with E-state index in [1.807, 2.05) is 6.92 Å². The molecule has 21 heavy (non-hydrogen) atoms. The highest BCUT2D eigenvalue weighted by atomic mass is 16.5. The van der Waals surface area contributed by atoms with Crippen LogP contribution in [-0.4, -0.2) is 55.2 Å². The number of hydrogen-bond donors (Lipinski definition) is 2. The first kappa shape index (κ1) is 19.2. The molecule has 0 rings (SSSR count). The van der Waals surface area contributed by atoms with Crippen LogP contribution in [-0.2, 0) is 14.3 Å². The number of carbonyl (C=O) groups is 3. The summed E-state index contributed by atoms with van der Waals surface area (Å²) in [6.45, 7) is 2.81. The maximum atomic E-state index is 11.7. The summed E-state index contributed by atoms with van der Waals surface area (Å²) in [4.78, 5) is 34.7. The Balaban J connectivity index is 3.89. The summed E-state index contributed by atoms with van der Waals surface area (Å²) >= 11 is 0. The van der Waals surface area contributed by atoms with Crippen molar-refractivity contribution in [2.75, 3.05) is 27.2 Å². The van der Waals surface area contributed by atoms with E-state index in [9.17, 15) is 14.4 Å². The van der Waals surface area contributed by atoms with Gasteiger partial charge in [0.2, 0.25) is 0 Å². The third-order valence-corrected chi connectivity index (χ3v) is 3.40. The van der Waals surface area contributed by atoms with Crippen molar-refractivity contribution in [1.82, 2.24) is 10.2 Å². The Bertz CT molecular complexity index is 346. The number of esters is 1. The van der Waals surface area contributed by atoms with E-state index in [-0.39, 0.29) is 24.8 Å². The van der Waals surface area contributed by atoms with Gasteiger partial charge in [0.1, 0.15) is 0 Å². The fourth-order valence-corrected chi connectivity index (χ4v) is 1.86. The second-order valence-electron chi connectivity index (χ2n) is 4.97. The van der Waals surface area contributed by atoms with Gasteiger partial charge in [-0.05, 0) is 18.8 Å². The molecule has 0 aliphatic heterocycles. The van der Waals surface area contributed by atoms with Crippen LogP contribution >= 0.6 is 0 Å². The number of carboxylic acids is 1. The highest BCUT2D eigenvalue weighted by Crippen LogP contribution is 2.14. The van der Waals surface area contributed by atoms with E-state index in [1.54, 1.807) is 7.05 Å². The summed E-state index contributed by atoms with van der Waals surface area (Å²) in [6.07, 6.45) is 2.59. The number of amides is 2. The van der Waals surface area contributed by atoms with Gasteiger partial charge < -0.3 is 20.1 Å². The number of nitrogens with zero attached hydrogens (tertiary/aromatic N) is 1. The molecule has 7 heteroatoms. The van der Waals surface area contributed by atoms with Gasteiger partial charge in [0, 0.05) is 26.6 Å². The normalized spacial score (nSPS) is 11.6. The van der Waals surface area contributed by atoms with Crippen LogP contribution in [0.15, 0.2) is 0 Å². The third kappa shape index (κ3) is 9.70. The summed E-state index contributed by atoms with van der Waals surface area (Å²) in [5.41, 5.74) is 0. The van der Waals surface area contributed by atoms with Gasteiger partial charge in [-0.2, -0.15) is 0 Å². The van der Waals surface area contributed by atoms with Crippen molar-refractivity contribution >= 4 is 18.0 Å². The lowest BCUT2D eigenvalue weighted by Crippen LogP contribution is -2.39. The van der Waals surface area contributed by atoms with Gasteiger partial charge in [0.15, 0.2) is 0 Å². The zero-order chi connectivity index (χ0) is 16.3. The lowest BCUT2D eigenvalue weighted by Gasteiger charge is -2.19. The molecule has 0 aliphatic rings. The zero-order valence-corrected chi connectivity index (χ0v) is 13.1. The van der Waals surface area contributed by atoms with Gasteiger partial charge in [-0.15, -0.1) is 0 Å². The van der Waals surface area contributed by atoms with Crippen LogP contribution in [0.25, 0.3) is 0 Å². The van der Waals surface area contributed by atoms with Gasteiger partial charge in [-0.25, -0.2) is 4.79 Å². The molecular formula is C14H26N2O5. The summed E-state index contributed by atoms with van der Waals surface area (Å²) in [5, 5.41) is 11.4. The molecule has 0 heterocycles. The van der Waals surface area contributed by atoms with Crippen molar-refractivity contribution in [3.8, 4) is 0 Å². The molecule has 0 bridgehead atoms. The van der Waals surface area contributed by atoms with Gasteiger partial charge in [-0.1, -0.05) is 13.3 Å². The monoisotopic (exact) mass is 302 g/mol. The van der Waals surface area contributed by atoms with E-state index in [0.717, 1.165) is 12.8 Å². The Morgan fingerprint density at radius 3 is 2.43 bits per heavy atom. The highest BCUT2D eigenvalue weighted by molar-refractivity contribution is 5.75. The number of rotatable bonds is 10. The second-order valence-corrected chi connectivity index (χ2v) is 4.97. The first-order valence-corrected chi connectivity index (χ1v) is 7.18. The van der Waals surface area contributed by atoms with Crippen molar-refractivity contribution < 1.29 is 24.2 Å². The molecule has 0 saturated carbocycles. The molecule has 122 valence electrons. The average molecular weight is 302 g/mol. The first-order valence-electron chi connectivity index (χ1n) is 7.18. The van der Waals surface area contributed by atoms with Crippen molar-refractivity contribution in [1.29, 1.82) is 0 Å². The number of hydrogen-bond acceptors (Lipinski definition) is 4. The molecule has 0 aromatic heterocycles. The minimum absolute atomic E-state index is 0.158. The Kier molecular flexibility index (Phi) is 10.0. The van der Waals surface area contributed by atoms with Crippen LogP contribution < -0.4 is 5.32 Å². The van der Waals surface area contributed by atoms with Crippen LogP contribution in [0.5, 0.6) is 0 Å². The minimum Gasteiger partial charge on any atom is -0.481 e. The largest absolute Gasteiger partial charge is 0.481 e. The zero-order valence-electron chi connectivity index (χ0n) is 13.1. The van der Waals surface area contributed by atoms with E-state index in [4.69, 9.17) is 5.11 Å². The number of carboxylic acid groups (broad SMARTS) is 1. The van der Waals surface area contributed by atoms with Crippen LogP contribution in [0.3, 0.4) is 0 Å². The standard InChI is InChI=1S/C14H26N2O5/c1-4-11(5-6-12(17)18)7-9-15-14(20)16(2)10-8-13(19)21-3/h11H,4-10H2,1-3H3,(H,15,20)(H,17,18). The summed E-state index contributed by atoms with van der Waals surface area (Å²) in [5.74, 6) is -0.851. The lowest BCUT2D eigenvalue weighted by molar-refractivity contribution is -0.141. The molecule has 0 radical (unpaired) electrons. The first-order chi connectivity index (χ1) is 9.90. The lowest BCUT2D eigenvalue weighted by atomic mass is 9.97. The molecule has 7 nitrogen and oxygen atoms in total. The molecule has 0 aromatic carbocycles. The maximum Gasteiger partial charge on any atom is 0.317 e. The smallest absolute Gasteiger partial charge is 0.317 e. The summed E-state index contributed by atoms with van der Waals surface area (Å²) in [7, 11) is 2.92. The Labute approximate surface area is 125 Å². The number of aliphatic carboxylic acids is 1. The van der Waals surface area contributed by atoms with E-state index in [1.165, 1.54) is 12.0 Å². The Hall–Kier alpha value is -1.79. The van der Waals surface area contributed by atoms with E-state index in [2.05, 4.69) is 10.1 Å². The van der Waals surface area contributed by atoms with Gasteiger partial charge >= 0.3 is 18.0 Å². The number of urea groups is 1. The van der Waals surface area contributed by atoms with Crippen molar-refractivity contribution in [3.05, 3.63) is 0 Å². The third-order valence-electron chi connectivity index (χ3n) is 3.40. The van der Waals surface area contributed by atoms with Crippen molar-refractivity contribution in [2.45, 2.75) is 39.0 Å². The molecule has 0 aliphatic carbocycles. The highest BCUT2D eigenvalue weighted by Gasteiger charge is 2.12. The SMILES string of the molecule is CCC(CCNC(=O)N(C)CCC(=O)OC)CCC(=O)O. The number of methoxy groups -OCH3 is 1. The van der Waals surface area contributed by atoms with Crippen LogP contribution in [0.2, 0.25) is 0 Å². The molecule has 1 atom stereocenters. The van der Waals surface area contributed by atoms with E-state index >= 15 is 0 Å². The number of nitrogens with one attached hydrogen (secondary N) is 1. The fourth-order valence-electron chi connectivity index (χ4n) is 1.86. The predicted octanol–water partition coefficient (Wildman–Crippen LogP) is 1.47. The van der Waals surface area contributed by atoms with E-state index in [0.29, 0.717) is 25.4 Å². The number of ether oxygens (including phenoxy) is 1. The Morgan fingerprint density at radius 1 is 1.24 bits per heavy atom. The maximum absolute atomic E-state index is 11.7. The molecule has 2 N–H and O–H groups in total. The average Bonchev–Trinajstić information content (AvgIpc) is 2.47. The summed E-state index contributed by atoms with van der Waals surface area (Å²) in [6, 6.07) is -0.244. The van der Waals surface area contributed by atoms with Crippen LogP contribution in [0, 0.1) is 5.92 Å². The van der Waals surface area contributed by atoms with Gasteiger partial charge in [0.05, 0.1) is 13.5 Å². The molecule has 0 spiro atoms. The van der Waals surface area contributed by atoms with Crippen molar-refractivity contribution in [3.63, 3.8) is 0 Å². The molecule has 2 amide bonds. The second kappa shape index (κ2) is 10.9. The molecule has 1 unspecified atom stereocenters. The summed E-state index contributed by atoms with van der Waals surface area (Å²) < 4.78 is 4.51. The quantitative estimate of drug-likeness (QED) is 0.596. The van der Waals surface area contributed by atoms with Gasteiger partial charge in [-0.3, -0.25) is 9.59 Å². The fraction of sp³-hybridized carbons (Fsp3) is 0.786. The van der Waals surface area contributed by atoms with Crippen LogP contribution in [0.1, 0.15) is 39.0 Å². The van der Waals surface area contributed by atoms with E-state index < -0.39 is 5.97 Å². The van der Waals surface area contributed by atoms with Crippen molar-refractivity contribution in [2.24, 2.45) is 5.92 Å². The number of carbonyl (C=O) groups excluding carboxylic acids is 2. The molecular weight excluding hydrogens is 276 g/mol. The minimum atomic E-state index is -0.792. The Morgan fingerprint density at radius 2 is 1.90 bits per heavy atom. The molecule has 0 aromatic rings. The van der Waals surface area contributed by atoms with Gasteiger partial charge in [0.25, 0.3) is 0 Å². The van der Waals surface area contributed by atoms with Crippen LogP contribution in [0.4, 0.5) is 4.79 Å².